The summed E-state index contributed by atoms with van der Waals surface area (Å²) in [5.74, 6) is 0. The molecule has 0 saturated heterocycles. The molecule has 0 aliphatic heterocycles. The molecule has 4 nitrogen and oxygen atoms in total. The van der Waals surface area contributed by atoms with Crippen LogP contribution in [0, 0.1) is 0 Å². The molecule has 0 spiro atoms. The lowest BCUT2D eigenvalue weighted by Gasteiger charge is -2.00. The van der Waals surface area contributed by atoms with Gasteiger partial charge in [-0.3, -0.25) is 4.68 Å². The number of benzene rings is 1. The smallest absolute Gasteiger partial charge is 0.353 e. The van der Waals surface area contributed by atoms with Crippen LogP contribution in [0.15, 0.2) is 54.6 Å². The van der Waals surface area contributed by atoms with E-state index >= 15 is 0 Å². The van der Waals surface area contributed by atoms with Gasteiger partial charge in [-0.25, -0.2) is 4.98 Å². The molecule has 0 bridgehead atoms. The van der Waals surface area contributed by atoms with Crippen molar-refractivity contribution in [1.82, 2.24) is 19.7 Å². The highest BCUT2D eigenvalue weighted by Crippen LogP contribution is 2.32. The SMILES string of the molecule is Cn1nc(C(F)(F)F)cc1-c1ccc2[nH]c(-c3ccccc3)cc2n1. The highest BCUT2D eigenvalue weighted by molar-refractivity contribution is 5.84. The molecule has 7 heteroatoms. The highest BCUT2D eigenvalue weighted by Gasteiger charge is 2.34. The van der Waals surface area contributed by atoms with Crippen LogP contribution in [-0.2, 0) is 13.2 Å². The molecule has 1 N–H and O–H groups in total. The molecule has 0 radical (unpaired) electrons. The molecule has 0 amide bonds. The quantitative estimate of drug-likeness (QED) is 0.576. The van der Waals surface area contributed by atoms with Gasteiger partial charge in [0.25, 0.3) is 0 Å². The number of aromatic amines is 1. The van der Waals surface area contributed by atoms with E-state index in [0.717, 1.165) is 22.8 Å². The van der Waals surface area contributed by atoms with E-state index in [1.807, 2.05) is 42.5 Å². The fraction of sp³-hybridized carbons (Fsp3) is 0.111. The lowest BCUT2D eigenvalue weighted by molar-refractivity contribution is -0.141. The largest absolute Gasteiger partial charge is 0.435 e. The lowest BCUT2D eigenvalue weighted by atomic mass is 10.1. The van der Waals surface area contributed by atoms with E-state index in [1.54, 1.807) is 6.07 Å². The summed E-state index contributed by atoms with van der Waals surface area (Å²) in [6, 6.07) is 16.2. The molecule has 0 saturated carbocycles. The summed E-state index contributed by atoms with van der Waals surface area (Å²) in [7, 11) is 1.48. The maximum Gasteiger partial charge on any atom is 0.435 e. The molecular formula is C18H13F3N4. The molecule has 0 aliphatic rings. The van der Waals surface area contributed by atoms with Gasteiger partial charge in [0.15, 0.2) is 5.69 Å². The summed E-state index contributed by atoms with van der Waals surface area (Å²) in [4.78, 5) is 7.76. The fourth-order valence-electron chi connectivity index (χ4n) is 2.77. The minimum Gasteiger partial charge on any atom is -0.353 e. The van der Waals surface area contributed by atoms with Crippen molar-refractivity contribution in [1.29, 1.82) is 0 Å². The van der Waals surface area contributed by atoms with Gasteiger partial charge in [0.1, 0.15) is 0 Å². The molecule has 4 rings (SSSR count). The number of halogens is 3. The topological polar surface area (TPSA) is 46.5 Å². The van der Waals surface area contributed by atoms with Crippen LogP contribution in [0.2, 0.25) is 0 Å². The Labute approximate surface area is 140 Å². The summed E-state index contributed by atoms with van der Waals surface area (Å²) in [6.45, 7) is 0. The maximum atomic E-state index is 12.8. The molecule has 1 aromatic carbocycles. The van der Waals surface area contributed by atoms with Crippen molar-refractivity contribution in [3.05, 3.63) is 60.3 Å². The van der Waals surface area contributed by atoms with Gasteiger partial charge in [0.05, 0.1) is 22.4 Å². The van der Waals surface area contributed by atoms with Gasteiger partial charge >= 0.3 is 6.18 Å². The number of pyridine rings is 1. The Balaban J connectivity index is 1.79. The molecule has 3 aromatic heterocycles. The van der Waals surface area contributed by atoms with Gasteiger partial charge in [-0.2, -0.15) is 18.3 Å². The van der Waals surface area contributed by atoms with Crippen molar-refractivity contribution in [2.45, 2.75) is 6.18 Å². The maximum absolute atomic E-state index is 12.8. The first-order chi connectivity index (χ1) is 11.9. The summed E-state index contributed by atoms with van der Waals surface area (Å²) in [5.41, 5.74) is 3.26. The van der Waals surface area contributed by atoms with E-state index < -0.39 is 11.9 Å². The van der Waals surface area contributed by atoms with Gasteiger partial charge in [0.2, 0.25) is 0 Å². The van der Waals surface area contributed by atoms with Crippen molar-refractivity contribution >= 4 is 11.0 Å². The first-order valence-corrected chi connectivity index (χ1v) is 7.58. The van der Waals surface area contributed by atoms with E-state index in [9.17, 15) is 13.2 Å². The van der Waals surface area contributed by atoms with E-state index in [4.69, 9.17) is 0 Å². The van der Waals surface area contributed by atoms with Gasteiger partial charge in [-0.05, 0) is 29.8 Å². The van der Waals surface area contributed by atoms with E-state index in [0.29, 0.717) is 16.9 Å². The zero-order valence-electron chi connectivity index (χ0n) is 13.2. The molecule has 126 valence electrons. The Hall–Kier alpha value is -3.09. The molecule has 0 fully saturated rings. The fourth-order valence-corrected chi connectivity index (χ4v) is 2.77. The molecule has 25 heavy (non-hydrogen) atoms. The summed E-state index contributed by atoms with van der Waals surface area (Å²) >= 11 is 0. The number of hydrogen-bond donors (Lipinski definition) is 1. The number of rotatable bonds is 2. The molecule has 0 aliphatic carbocycles. The van der Waals surface area contributed by atoms with Crippen LogP contribution < -0.4 is 0 Å². The third-order valence-corrected chi connectivity index (χ3v) is 3.99. The number of alkyl halides is 3. The van der Waals surface area contributed by atoms with E-state index in [2.05, 4.69) is 15.1 Å². The normalized spacial score (nSPS) is 12.0. The minimum atomic E-state index is -4.48. The second-order valence-electron chi connectivity index (χ2n) is 5.71. The second-order valence-corrected chi connectivity index (χ2v) is 5.71. The second kappa shape index (κ2) is 5.47. The van der Waals surface area contributed by atoms with Crippen LogP contribution >= 0.6 is 0 Å². The number of aryl methyl sites for hydroxylation is 1. The predicted octanol–water partition coefficient (Wildman–Crippen LogP) is 4.65. The molecule has 0 atom stereocenters. The number of hydrogen-bond acceptors (Lipinski definition) is 2. The zero-order chi connectivity index (χ0) is 17.6. The Bertz CT molecular complexity index is 1050. The Morgan fingerprint density at radius 2 is 1.76 bits per heavy atom. The third-order valence-electron chi connectivity index (χ3n) is 3.99. The Morgan fingerprint density at radius 3 is 2.44 bits per heavy atom. The average Bonchev–Trinajstić information content (AvgIpc) is 3.18. The van der Waals surface area contributed by atoms with Crippen LogP contribution in [0.5, 0.6) is 0 Å². The van der Waals surface area contributed by atoms with Crippen LogP contribution in [0.25, 0.3) is 33.7 Å². The van der Waals surface area contributed by atoms with Crippen LogP contribution in [0.4, 0.5) is 13.2 Å². The van der Waals surface area contributed by atoms with Gasteiger partial charge in [-0.15, -0.1) is 0 Å². The monoisotopic (exact) mass is 342 g/mol. The van der Waals surface area contributed by atoms with Crippen molar-refractivity contribution in [2.75, 3.05) is 0 Å². The lowest BCUT2D eigenvalue weighted by Crippen LogP contribution is -2.06. The van der Waals surface area contributed by atoms with Crippen LogP contribution in [-0.4, -0.2) is 19.7 Å². The molecule has 4 aromatic rings. The number of fused-ring (bicyclic) bond motifs is 1. The van der Waals surface area contributed by atoms with Gasteiger partial charge in [0, 0.05) is 12.7 Å². The zero-order valence-corrected chi connectivity index (χ0v) is 13.2. The predicted molar refractivity (Wildman–Crippen MR) is 88.7 cm³/mol. The molecule has 0 unspecified atom stereocenters. The number of aromatic nitrogens is 4. The standard InChI is InChI=1S/C18H13F3N4/c1-25-16(10-17(24-25)18(19,20)21)13-8-7-12-15(23-13)9-14(22-12)11-5-3-2-4-6-11/h2-10,22H,1H3. The summed E-state index contributed by atoms with van der Waals surface area (Å²) in [6.07, 6.45) is -4.48. The van der Waals surface area contributed by atoms with Gasteiger partial charge in [-0.1, -0.05) is 30.3 Å². The van der Waals surface area contributed by atoms with E-state index in [-0.39, 0.29) is 0 Å². The summed E-state index contributed by atoms with van der Waals surface area (Å²) < 4.78 is 39.7. The van der Waals surface area contributed by atoms with Crippen LogP contribution in [0.3, 0.4) is 0 Å². The highest BCUT2D eigenvalue weighted by atomic mass is 19.4. The van der Waals surface area contributed by atoms with Crippen LogP contribution in [0.1, 0.15) is 5.69 Å². The Morgan fingerprint density at radius 1 is 1.00 bits per heavy atom. The number of H-pyrrole nitrogens is 1. The van der Waals surface area contributed by atoms with Gasteiger partial charge < -0.3 is 4.98 Å². The van der Waals surface area contributed by atoms with E-state index in [1.165, 1.54) is 11.7 Å². The van der Waals surface area contributed by atoms with Crippen molar-refractivity contribution in [3.63, 3.8) is 0 Å². The summed E-state index contributed by atoms with van der Waals surface area (Å²) in [5, 5.41) is 3.53. The van der Waals surface area contributed by atoms with Crippen molar-refractivity contribution < 1.29 is 13.2 Å². The number of nitrogens with one attached hydrogen (secondary N) is 1. The molecular weight excluding hydrogens is 329 g/mol. The third kappa shape index (κ3) is 2.77. The first kappa shape index (κ1) is 15.4. The number of nitrogens with zero attached hydrogens (tertiary/aromatic N) is 3. The van der Waals surface area contributed by atoms with Crippen molar-refractivity contribution in [2.24, 2.45) is 7.05 Å². The van der Waals surface area contributed by atoms with Crippen molar-refractivity contribution in [3.8, 4) is 22.6 Å². The first-order valence-electron chi connectivity index (χ1n) is 7.58. The Kier molecular flexibility index (Phi) is 3.38. The minimum absolute atomic E-state index is 0.316. The average molecular weight is 342 g/mol. The molecule has 3 heterocycles.